The molecule has 2 unspecified atom stereocenters. The quantitative estimate of drug-likeness (QED) is 0.0211. The van der Waals surface area contributed by atoms with E-state index in [1.54, 1.807) is 0 Å². The van der Waals surface area contributed by atoms with Crippen LogP contribution in [0.1, 0.15) is 258 Å². The van der Waals surface area contributed by atoms with Crippen molar-refractivity contribution in [3.63, 3.8) is 0 Å². The van der Waals surface area contributed by atoms with Crippen molar-refractivity contribution >= 4 is 19.8 Å². The summed E-state index contributed by atoms with van der Waals surface area (Å²) in [4.78, 5) is 35.7. The van der Waals surface area contributed by atoms with E-state index in [-0.39, 0.29) is 32.0 Å². The Hall–Kier alpha value is -2.81. The number of rotatable bonds is 55. The normalized spacial score (nSPS) is 13.9. The van der Waals surface area contributed by atoms with E-state index in [9.17, 15) is 19.0 Å². The van der Waals surface area contributed by atoms with E-state index in [2.05, 4.69) is 98.9 Å². The maximum atomic E-state index is 12.8. The minimum atomic E-state index is -4.39. The van der Waals surface area contributed by atoms with Crippen LogP contribution in [0.4, 0.5) is 0 Å². The molecular weight excluding hydrogens is 942 g/mol. The zero-order valence-electron chi connectivity index (χ0n) is 48.6. The van der Waals surface area contributed by atoms with Gasteiger partial charge in [0.05, 0.1) is 27.7 Å². The van der Waals surface area contributed by atoms with Crippen LogP contribution < -0.4 is 0 Å². The molecule has 0 rings (SSSR count). The molecule has 0 bridgehead atoms. The zero-order valence-corrected chi connectivity index (χ0v) is 49.5. The van der Waals surface area contributed by atoms with E-state index >= 15 is 0 Å². The summed E-state index contributed by atoms with van der Waals surface area (Å²) in [6.07, 6.45) is 73.6. The Morgan fingerprint density at radius 1 is 0.432 bits per heavy atom. The van der Waals surface area contributed by atoms with Crippen LogP contribution >= 0.6 is 7.82 Å². The van der Waals surface area contributed by atoms with Gasteiger partial charge in [0.25, 0.3) is 0 Å². The lowest BCUT2D eigenvalue weighted by Gasteiger charge is -2.24. The molecule has 1 N–H and O–H groups in total. The third-order valence-electron chi connectivity index (χ3n) is 12.9. The second-order valence-corrected chi connectivity index (χ2v) is 22.8. The number of unbranched alkanes of at least 4 members (excludes halogenated alkanes) is 27. The summed E-state index contributed by atoms with van der Waals surface area (Å²) in [5.74, 6) is -0.805. The van der Waals surface area contributed by atoms with Gasteiger partial charge in [0.15, 0.2) is 6.10 Å². The largest absolute Gasteiger partial charge is 0.472 e. The number of nitrogens with zero attached hydrogens (tertiary/aromatic N) is 1. The molecule has 10 heteroatoms. The number of hydrogen-bond acceptors (Lipinski definition) is 7. The molecule has 428 valence electrons. The third-order valence-corrected chi connectivity index (χ3v) is 13.9. The lowest BCUT2D eigenvalue weighted by Crippen LogP contribution is -2.37. The molecule has 0 aliphatic heterocycles. The average molecular weight is 1060 g/mol. The summed E-state index contributed by atoms with van der Waals surface area (Å²) >= 11 is 0. The fourth-order valence-electron chi connectivity index (χ4n) is 8.29. The topological polar surface area (TPSA) is 108 Å². The van der Waals surface area contributed by atoms with Gasteiger partial charge in [-0.05, 0) is 70.6 Å². The number of carbonyl (C=O) groups excluding carboxylic acids is 2. The van der Waals surface area contributed by atoms with Crippen molar-refractivity contribution in [1.82, 2.24) is 0 Å². The third kappa shape index (κ3) is 58.5. The fraction of sp³-hybridized carbons (Fsp3) is 0.750. The molecule has 0 radical (unpaired) electrons. The van der Waals surface area contributed by atoms with Crippen LogP contribution in [0, 0.1) is 0 Å². The van der Waals surface area contributed by atoms with Crippen molar-refractivity contribution in [3.8, 4) is 0 Å². The van der Waals surface area contributed by atoms with Gasteiger partial charge in [-0.15, -0.1) is 0 Å². The van der Waals surface area contributed by atoms with Gasteiger partial charge >= 0.3 is 19.8 Å². The molecule has 0 aliphatic carbocycles. The predicted octanol–water partition coefficient (Wildman–Crippen LogP) is 19.0. The van der Waals surface area contributed by atoms with Gasteiger partial charge in [0, 0.05) is 12.8 Å². The number of likely N-dealkylation sites (N-methyl/N-ethyl adjacent to an activating group) is 1. The highest BCUT2D eigenvalue weighted by molar-refractivity contribution is 7.47. The molecule has 0 amide bonds. The fourth-order valence-corrected chi connectivity index (χ4v) is 9.03. The minimum Gasteiger partial charge on any atom is -0.462 e. The maximum Gasteiger partial charge on any atom is 0.472 e. The van der Waals surface area contributed by atoms with E-state index < -0.39 is 26.5 Å². The number of allylic oxidation sites excluding steroid dienone is 14. The maximum absolute atomic E-state index is 12.8. The van der Waals surface area contributed by atoms with Crippen LogP contribution in [-0.4, -0.2) is 74.9 Å². The Morgan fingerprint density at radius 2 is 0.770 bits per heavy atom. The average Bonchev–Trinajstić information content (AvgIpc) is 3.36. The van der Waals surface area contributed by atoms with E-state index in [0.717, 1.165) is 89.9 Å². The van der Waals surface area contributed by atoms with Crippen LogP contribution in [-0.2, 0) is 32.7 Å². The summed E-state index contributed by atoms with van der Waals surface area (Å²) in [5.41, 5.74) is 0. The first-order chi connectivity index (χ1) is 36.0. The number of quaternary nitrogens is 1. The summed E-state index contributed by atoms with van der Waals surface area (Å²) in [5, 5.41) is 0. The molecule has 0 spiro atoms. The van der Waals surface area contributed by atoms with Gasteiger partial charge in [0.2, 0.25) is 0 Å². The minimum absolute atomic E-state index is 0.0268. The summed E-state index contributed by atoms with van der Waals surface area (Å²) in [7, 11) is 1.47. The summed E-state index contributed by atoms with van der Waals surface area (Å²) < 4.78 is 34.6. The number of phosphoric ester groups is 1. The molecule has 2 atom stereocenters. The van der Waals surface area contributed by atoms with E-state index in [4.69, 9.17) is 18.5 Å². The first-order valence-electron chi connectivity index (χ1n) is 30.3. The van der Waals surface area contributed by atoms with E-state index in [0.29, 0.717) is 17.4 Å². The van der Waals surface area contributed by atoms with Crippen molar-refractivity contribution in [1.29, 1.82) is 0 Å². The number of phosphoric acid groups is 1. The van der Waals surface area contributed by atoms with Crippen LogP contribution in [0.2, 0.25) is 0 Å². The van der Waals surface area contributed by atoms with Crippen LogP contribution in [0.5, 0.6) is 0 Å². The standard InChI is InChI=1S/C64H114NO8P/c1-6-8-10-12-14-16-18-20-22-24-26-28-29-30-31-32-33-34-35-37-39-41-43-45-47-49-51-53-55-57-64(67)73-62(61-72-74(68,69)71-59-58-65(3,4)5)60-70-63(66)56-54-52-50-48-46-44-42-40-38-36-27-25-23-21-19-17-15-13-11-9-7-2/h8,10,14,16,20,22,26,28,30-31,33-34,37,39,62H,6-7,9,11-13,15,17-19,21,23-25,27,29,32,35-36,38,40-61H2,1-5H3/p+1/b10-8-,16-14-,22-20-,28-26-,31-30-,34-33-,39-37-. The Labute approximate surface area is 456 Å². The Kier molecular flexibility index (Phi) is 52.9. The van der Waals surface area contributed by atoms with Crippen LogP contribution in [0.25, 0.3) is 0 Å². The van der Waals surface area contributed by atoms with Crippen molar-refractivity contribution < 1.29 is 42.1 Å². The number of carbonyl (C=O) groups is 2. The van der Waals surface area contributed by atoms with Gasteiger partial charge < -0.3 is 18.9 Å². The molecule has 0 aliphatic rings. The molecule has 0 aromatic heterocycles. The van der Waals surface area contributed by atoms with Gasteiger partial charge in [-0.3, -0.25) is 18.6 Å². The highest BCUT2D eigenvalue weighted by Gasteiger charge is 2.27. The Morgan fingerprint density at radius 3 is 1.15 bits per heavy atom. The molecule has 74 heavy (non-hydrogen) atoms. The lowest BCUT2D eigenvalue weighted by atomic mass is 10.0. The zero-order chi connectivity index (χ0) is 54.2. The number of hydrogen-bond donors (Lipinski definition) is 1. The Balaban J connectivity index is 4.19. The van der Waals surface area contributed by atoms with Crippen molar-refractivity contribution in [3.05, 3.63) is 85.1 Å². The van der Waals surface area contributed by atoms with Crippen LogP contribution in [0.15, 0.2) is 85.1 Å². The molecule has 0 fully saturated rings. The molecule has 0 aromatic carbocycles. The lowest BCUT2D eigenvalue weighted by molar-refractivity contribution is -0.870. The summed E-state index contributed by atoms with van der Waals surface area (Å²) in [6.45, 7) is 4.33. The summed E-state index contributed by atoms with van der Waals surface area (Å²) in [6, 6.07) is 0. The molecule has 0 aromatic rings. The SMILES string of the molecule is CC/C=C\C/C=C\C/C=C\C/C=C\C/C=C\C/C=C\C/C=C\CCCCCCCCCC(=O)OC(COC(=O)CCCCCCCCCCCCCCCCCCCCCCC)COP(=O)(O)OCC[N+](C)(C)C. The smallest absolute Gasteiger partial charge is 0.462 e. The highest BCUT2D eigenvalue weighted by atomic mass is 31.2. The molecule has 0 saturated carbocycles. The van der Waals surface area contributed by atoms with E-state index in [1.807, 2.05) is 21.1 Å². The van der Waals surface area contributed by atoms with Crippen LogP contribution in [0.3, 0.4) is 0 Å². The van der Waals surface area contributed by atoms with Crippen molar-refractivity contribution in [2.24, 2.45) is 0 Å². The monoisotopic (exact) mass is 1060 g/mol. The Bertz CT molecular complexity index is 1520. The van der Waals surface area contributed by atoms with Crippen molar-refractivity contribution in [2.75, 3.05) is 47.5 Å². The number of ether oxygens (including phenoxy) is 2. The molecule has 0 saturated heterocycles. The predicted molar refractivity (Wildman–Crippen MR) is 316 cm³/mol. The molecule has 9 nitrogen and oxygen atoms in total. The van der Waals surface area contributed by atoms with Gasteiger partial charge in [0.1, 0.15) is 19.8 Å². The molecular formula is C64H115NO8P+. The van der Waals surface area contributed by atoms with Crippen molar-refractivity contribution in [2.45, 2.75) is 264 Å². The van der Waals surface area contributed by atoms with E-state index in [1.165, 1.54) is 135 Å². The van der Waals surface area contributed by atoms with Gasteiger partial charge in [-0.2, -0.15) is 0 Å². The first kappa shape index (κ1) is 71.2. The second kappa shape index (κ2) is 55.0. The second-order valence-electron chi connectivity index (χ2n) is 21.4. The van der Waals surface area contributed by atoms with Gasteiger partial charge in [-0.1, -0.05) is 259 Å². The van der Waals surface area contributed by atoms with Gasteiger partial charge in [-0.25, -0.2) is 4.57 Å². The number of esters is 2. The highest BCUT2D eigenvalue weighted by Crippen LogP contribution is 2.43. The molecule has 0 heterocycles. The first-order valence-corrected chi connectivity index (χ1v) is 31.8.